The van der Waals surface area contributed by atoms with Crippen LogP contribution in [0.3, 0.4) is 0 Å². The second-order valence-electron chi connectivity index (χ2n) is 9.32. The molecule has 0 saturated carbocycles. The van der Waals surface area contributed by atoms with Crippen molar-refractivity contribution in [3.63, 3.8) is 0 Å². The first kappa shape index (κ1) is 10.8. The Hall–Kier alpha value is -6.13. The maximum absolute atomic E-state index is 9.29. The molecule has 4 nitrogen and oxygen atoms in total. The highest BCUT2D eigenvalue weighted by atomic mass is 16.3. The van der Waals surface area contributed by atoms with Gasteiger partial charge < -0.3 is 4.42 Å². The van der Waals surface area contributed by atoms with Gasteiger partial charge in [0, 0.05) is 32.8 Å². The largest absolute Gasteiger partial charge is 0.455 e. The van der Waals surface area contributed by atoms with Crippen LogP contribution in [0, 0.1) is 0 Å². The smallest absolute Gasteiger partial charge is 0.164 e. The minimum atomic E-state index is -1.02. The highest BCUT2D eigenvalue weighted by Crippen LogP contribution is 2.39. The van der Waals surface area contributed by atoms with Crippen molar-refractivity contribution >= 4 is 43.5 Å². The third-order valence-electron chi connectivity index (χ3n) is 6.74. The van der Waals surface area contributed by atoms with Crippen molar-refractivity contribution in [3.8, 4) is 45.3 Å². The fraction of sp³-hybridized carbons (Fsp3) is 0. The van der Waals surface area contributed by atoms with Crippen LogP contribution in [-0.2, 0) is 0 Å². The van der Waals surface area contributed by atoms with Gasteiger partial charge in [-0.1, -0.05) is 139 Å². The molecule has 7 aromatic carbocycles. The quantitative estimate of drug-likeness (QED) is 0.202. The van der Waals surface area contributed by atoms with Crippen LogP contribution in [0.5, 0.6) is 0 Å². The average molecular weight is 601 g/mol. The number of benzene rings is 7. The predicted octanol–water partition coefficient (Wildman–Crippen LogP) is 10.7. The molecule has 0 aliphatic carbocycles. The summed E-state index contributed by atoms with van der Waals surface area (Å²) in [5, 5.41) is -2.84. The molecule has 0 N–H and O–H groups in total. The minimum Gasteiger partial charge on any atom is -0.455 e. The summed E-state index contributed by atoms with van der Waals surface area (Å²) in [5.74, 6) is -2.46. The van der Waals surface area contributed by atoms with E-state index in [0.717, 1.165) is 0 Å². The average Bonchev–Trinajstić information content (AvgIpc) is 3.72. The number of hydrogen-bond donors (Lipinski definition) is 0. The number of rotatable bonds is 4. The lowest BCUT2D eigenvalue weighted by Crippen LogP contribution is -2.00. The van der Waals surface area contributed by atoms with Crippen LogP contribution < -0.4 is 0 Å². The topological polar surface area (TPSA) is 51.8 Å². The molecule has 9 aromatic rings. The Kier molecular flexibility index (Phi) is 2.46. The van der Waals surface area contributed by atoms with Crippen LogP contribution in [0.4, 0.5) is 0 Å². The lowest BCUT2D eigenvalue weighted by Gasteiger charge is -2.10. The summed E-state index contributed by atoms with van der Waals surface area (Å²) >= 11 is 0. The third-order valence-corrected chi connectivity index (χ3v) is 6.74. The van der Waals surface area contributed by atoms with Gasteiger partial charge >= 0.3 is 0 Å². The Morgan fingerprint density at radius 3 is 1.78 bits per heavy atom. The zero-order valence-electron chi connectivity index (χ0n) is 47.2. The molecule has 2 aromatic heterocycles. The fourth-order valence-electron chi connectivity index (χ4n) is 4.76. The summed E-state index contributed by atoms with van der Waals surface area (Å²) < 4.78 is 224. The molecule has 0 radical (unpaired) electrons. The van der Waals surface area contributed by atoms with Crippen LogP contribution in [0.25, 0.3) is 88.8 Å². The molecule has 0 bridgehead atoms. The van der Waals surface area contributed by atoms with Gasteiger partial charge in [-0.2, -0.15) is 0 Å². The van der Waals surface area contributed by atoms with Crippen LogP contribution in [0.2, 0.25) is 0 Å². The van der Waals surface area contributed by atoms with E-state index in [1.165, 1.54) is 0 Å². The summed E-state index contributed by atoms with van der Waals surface area (Å²) in [7, 11) is 0. The van der Waals surface area contributed by atoms with Gasteiger partial charge in [0.2, 0.25) is 0 Å². The molecule has 0 atom stereocenters. The monoisotopic (exact) mass is 600 g/mol. The Morgan fingerprint density at radius 1 is 0.400 bits per heavy atom. The van der Waals surface area contributed by atoms with Gasteiger partial charge in [0.25, 0.3) is 0 Å². The molecule has 0 amide bonds. The Labute approximate surface area is 294 Å². The van der Waals surface area contributed by atoms with Crippen LogP contribution in [-0.4, -0.2) is 15.0 Å². The van der Waals surface area contributed by atoms with Gasteiger partial charge in [-0.3, -0.25) is 0 Å². The van der Waals surface area contributed by atoms with Crippen molar-refractivity contribution in [1.82, 2.24) is 15.0 Å². The van der Waals surface area contributed by atoms with Crippen molar-refractivity contribution in [3.05, 3.63) is 151 Å². The van der Waals surface area contributed by atoms with Gasteiger partial charge in [0.15, 0.2) is 17.5 Å². The molecule has 0 spiro atoms. The van der Waals surface area contributed by atoms with Crippen molar-refractivity contribution < 1.29 is 38.7 Å². The molecule has 210 valence electrons. The maximum Gasteiger partial charge on any atom is 0.164 e. The number of nitrogens with zero attached hydrogens (tertiary/aromatic N) is 3. The van der Waals surface area contributed by atoms with E-state index >= 15 is 0 Å². The molecular weight excluding hydrogens is 550 g/mol. The fourth-order valence-corrected chi connectivity index (χ4v) is 4.76. The molecule has 0 aliphatic heterocycles. The van der Waals surface area contributed by atoms with E-state index in [1.54, 1.807) is 0 Å². The molecule has 0 fully saturated rings. The second kappa shape index (κ2) is 10.2. The van der Waals surface area contributed by atoms with E-state index in [9.17, 15) is 6.85 Å². The molecule has 0 unspecified atom stereocenters. The van der Waals surface area contributed by atoms with E-state index in [1.807, 2.05) is 0 Å². The summed E-state index contributed by atoms with van der Waals surface area (Å²) in [6, 6.07) is -21.2. The van der Waals surface area contributed by atoms with Gasteiger partial charge in [-0.15, -0.1) is 0 Å². The zero-order valence-corrected chi connectivity index (χ0v) is 22.2. The molecule has 0 aliphatic rings. The van der Waals surface area contributed by atoms with E-state index < -0.39 is 240 Å². The van der Waals surface area contributed by atoms with E-state index in [-0.39, 0.29) is 0 Å². The van der Waals surface area contributed by atoms with Crippen LogP contribution >= 0.6 is 0 Å². The number of furan rings is 1. The highest BCUT2D eigenvalue weighted by Gasteiger charge is 2.19. The van der Waals surface area contributed by atoms with Gasteiger partial charge in [0.1, 0.15) is 11.2 Å². The Bertz CT molecular complexity index is 3900. The molecular formula is C41H25N3O. The zero-order chi connectivity index (χ0) is 51.5. The van der Waals surface area contributed by atoms with E-state index in [0.29, 0.717) is 0 Å². The van der Waals surface area contributed by atoms with Crippen molar-refractivity contribution in [1.29, 1.82) is 0 Å². The minimum absolute atomic E-state index is 0.407. The molecule has 0 saturated heterocycles. The number of aromatic nitrogens is 3. The number of hydrogen-bond acceptors (Lipinski definition) is 4. The normalized spacial score (nSPS) is 19.3. The van der Waals surface area contributed by atoms with Crippen molar-refractivity contribution in [2.24, 2.45) is 0 Å². The highest BCUT2D eigenvalue weighted by molar-refractivity contribution is 6.18. The van der Waals surface area contributed by atoms with Gasteiger partial charge in [-0.05, 0) is 39.4 Å². The number of fused-ring (bicyclic) bond motifs is 6. The Morgan fingerprint density at radius 2 is 0.978 bits per heavy atom. The van der Waals surface area contributed by atoms with Gasteiger partial charge in [-0.25, -0.2) is 15.0 Å². The maximum atomic E-state index is 9.29. The van der Waals surface area contributed by atoms with Crippen LogP contribution in [0.15, 0.2) is 155 Å². The standard InChI is InChI=1S/C41H25N3O/c1-2-12-29(13-3-1)39-42-40(30-22-20-28(21-23-30)32-17-8-14-26-10-4-6-15-31(26)32)44-41(43-39)35-18-9-19-36-37(35)34-25-24-27-11-5-7-16-33(27)38(34)45-36/h1-25H/i1D,2D,3D,4D,5D,6D,7D,8D,9D,10D,11D,12D,13D,14D,15D,16D,17D,18D,19D,20D,21D,22D,23D,24D,25D. The third kappa shape index (κ3) is 4.27. The molecule has 2 heterocycles. The molecule has 9 rings (SSSR count). The first-order valence-electron chi connectivity index (χ1n) is 25.5. The van der Waals surface area contributed by atoms with E-state index in [2.05, 4.69) is 15.0 Å². The SMILES string of the molecule is [2H]c1c([2H])c([2H])c(-c2nc(-c3c([2H])c([2H])c(-c4c([2H])c([2H])c([2H])c5c([2H])c([2H])c([2H])c([2H])c45)c([2H])c3[2H])nc(-c3c([2H])c([2H])c([2H])c4oc5c6c([2H])c([2H])c([2H])c([2H])c6c([2H])c([2H])c5c34)n2)c([2H])c1[2H]. The molecule has 4 heteroatoms. The first-order valence-corrected chi connectivity index (χ1v) is 13.0. The lowest BCUT2D eigenvalue weighted by atomic mass is 9.97. The second-order valence-corrected chi connectivity index (χ2v) is 9.32. The van der Waals surface area contributed by atoms with Crippen LogP contribution in [0.1, 0.15) is 34.3 Å². The summed E-state index contributed by atoms with van der Waals surface area (Å²) in [6.07, 6.45) is 0. The van der Waals surface area contributed by atoms with Gasteiger partial charge in [0.05, 0.1) is 34.3 Å². The Balaban J connectivity index is 1.46. The summed E-state index contributed by atoms with van der Waals surface area (Å²) in [5.41, 5.74) is -4.62. The summed E-state index contributed by atoms with van der Waals surface area (Å²) in [6.45, 7) is 0. The molecule has 45 heavy (non-hydrogen) atoms. The van der Waals surface area contributed by atoms with Crippen molar-refractivity contribution in [2.45, 2.75) is 0 Å². The summed E-state index contributed by atoms with van der Waals surface area (Å²) in [4.78, 5) is 13.0. The van der Waals surface area contributed by atoms with Crippen molar-refractivity contribution in [2.75, 3.05) is 0 Å². The first-order chi connectivity index (χ1) is 32.7. The predicted molar refractivity (Wildman–Crippen MR) is 184 cm³/mol. The van der Waals surface area contributed by atoms with E-state index in [4.69, 9.17) is 31.8 Å². The lowest BCUT2D eigenvalue weighted by molar-refractivity contribution is 0.672.